The van der Waals surface area contributed by atoms with Crippen molar-refractivity contribution in [1.82, 2.24) is 10.2 Å². The smallest absolute Gasteiger partial charge is 0.132 e. The van der Waals surface area contributed by atoms with Crippen LogP contribution in [0.1, 0.15) is 109 Å². The standard InChI is InChI=1S/C35H46N2OS4.C8H12S2/c1-34(36-27-40,28-15-6-4-7-16-28)23-12-10-19-30(38)20-11-13-24-35(2,29-17-8-5-9-18-29)37(3)33(41)31-21-14-26-42-32(31)22-25-39;1-2-3-8-7(6-9)4-5-10-8/h4-9,15-18,22,25,27,31H,10-14,19-21,23-24,26H2,1-3H3,(H,36,40);3,6-7H,2,4-5H2,1H3/b32-22+;. The molecule has 0 radical (unpaired) electrons. The maximum absolute atomic E-state index is 12.8. The quantitative estimate of drug-likeness (QED) is 0.0847. The highest BCUT2D eigenvalue weighted by atomic mass is 32.2. The molecule has 0 aromatic heterocycles. The van der Waals surface area contributed by atoms with Gasteiger partial charge in [-0.1, -0.05) is 135 Å². The van der Waals surface area contributed by atoms with Crippen LogP contribution in [0.15, 0.2) is 82.6 Å². The summed E-state index contributed by atoms with van der Waals surface area (Å²) in [5, 5.41) is 6.98. The summed E-state index contributed by atoms with van der Waals surface area (Å²) in [5.74, 6) is 3.57. The molecule has 0 bridgehead atoms. The first-order valence-electron chi connectivity index (χ1n) is 18.8. The van der Waals surface area contributed by atoms with E-state index in [2.05, 4.69) is 105 Å². The van der Waals surface area contributed by atoms with Gasteiger partial charge in [-0.3, -0.25) is 4.79 Å². The number of unbranched alkanes of at least 4 members (excludes halogenated alkanes) is 2. The SMILES string of the molecule is CCC=C1SCCC1C=S.CN(C(=S)C1CCCS/C1=C/C=S)C(C)(CCCCC(=O)CCCCC(C)(NC=S)c1ccccc1)c1ccccc1. The van der Waals surface area contributed by atoms with Crippen LogP contribution in [0.4, 0.5) is 0 Å². The average Bonchev–Trinajstić information content (AvgIpc) is 3.63. The lowest BCUT2D eigenvalue weighted by Gasteiger charge is -2.44. The van der Waals surface area contributed by atoms with E-state index in [4.69, 9.17) is 48.9 Å². The predicted molar refractivity (Wildman–Crippen MR) is 246 cm³/mol. The average molecular weight is 811 g/mol. The van der Waals surface area contributed by atoms with E-state index in [0.29, 0.717) is 24.5 Å². The minimum atomic E-state index is -0.247. The van der Waals surface area contributed by atoms with E-state index in [0.717, 1.165) is 68.5 Å². The minimum Gasteiger partial charge on any atom is -0.373 e. The molecule has 0 spiro atoms. The van der Waals surface area contributed by atoms with Gasteiger partial charge in [-0.2, -0.15) is 0 Å². The van der Waals surface area contributed by atoms with E-state index in [9.17, 15) is 4.79 Å². The van der Waals surface area contributed by atoms with Crippen molar-refractivity contribution in [3.63, 3.8) is 0 Å². The number of nitrogens with zero attached hydrogens (tertiary/aromatic N) is 1. The summed E-state index contributed by atoms with van der Waals surface area (Å²) in [6.07, 6.45) is 15.8. The number of carbonyl (C=O) groups excluding carboxylic acids is 1. The Morgan fingerprint density at radius 3 is 2.08 bits per heavy atom. The van der Waals surface area contributed by atoms with Gasteiger partial charge in [0, 0.05) is 37.1 Å². The Morgan fingerprint density at radius 2 is 1.48 bits per heavy atom. The molecule has 2 aliphatic rings. The Kier molecular flexibility index (Phi) is 20.5. The number of thioether (sulfide) groups is 2. The summed E-state index contributed by atoms with van der Waals surface area (Å²) in [6, 6.07) is 21.1. The molecule has 4 unspecified atom stereocenters. The molecule has 52 heavy (non-hydrogen) atoms. The fourth-order valence-corrected chi connectivity index (χ4v) is 10.8. The van der Waals surface area contributed by atoms with Gasteiger partial charge in [-0.25, -0.2) is 0 Å². The molecule has 2 heterocycles. The Hall–Kier alpha value is -1.75. The number of allylic oxidation sites excluding steroid dienone is 3. The second-order valence-electron chi connectivity index (χ2n) is 14.1. The van der Waals surface area contributed by atoms with Crippen LogP contribution in [-0.2, 0) is 15.9 Å². The van der Waals surface area contributed by atoms with Crippen LogP contribution in [-0.4, -0.2) is 50.5 Å². The lowest BCUT2D eigenvalue weighted by Crippen LogP contribution is -2.47. The number of hydrogen-bond acceptors (Lipinski definition) is 7. The van der Waals surface area contributed by atoms with E-state index in [1.165, 1.54) is 33.1 Å². The van der Waals surface area contributed by atoms with Gasteiger partial charge in [0.25, 0.3) is 0 Å². The van der Waals surface area contributed by atoms with Crippen molar-refractivity contribution in [1.29, 1.82) is 0 Å². The van der Waals surface area contributed by atoms with Crippen molar-refractivity contribution in [3.05, 3.63) is 93.8 Å². The van der Waals surface area contributed by atoms with Crippen LogP contribution in [0, 0.1) is 11.8 Å². The Balaban J connectivity index is 0.000000626. The zero-order chi connectivity index (χ0) is 37.8. The molecule has 0 amide bonds. The van der Waals surface area contributed by atoms with Gasteiger partial charge >= 0.3 is 0 Å². The van der Waals surface area contributed by atoms with Crippen LogP contribution >= 0.6 is 72.4 Å². The molecule has 4 rings (SSSR count). The Bertz CT molecular complexity index is 1500. The van der Waals surface area contributed by atoms with Crippen LogP contribution in [0.2, 0.25) is 0 Å². The molecule has 9 heteroatoms. The first-order valence-corrected chi connectivity index (χ1v) is 22.6. The third-order valence-electron chi connectivity index (χ3n) is 10.4. The van der Waals surface area contributed by atoms with E-state index in [1.807, 2.05) is 35.0 Å². The summed E-state index contributed by atoms with van der Waals surface area (Å²) in [4.78, 5) is 18.9. The molecule has 2 aromatic rings. The molecule has 2 saturated heterocycles. The highest BCUT2D eigenvalue weighted by Gasteiger charge is 2.36. The van der Waals surface area contributed by atoms with Crippen molar-refractivity contribution < 1.29 is 4.79 Å². The first-order chi connectivity index (χ1) is 25.1. The molecule has 3 nitrogen and oxygen atoms in total. The van der Waals surface area contributed by atoms with Gasteiger partial charge < -0.3 is 10.2 Å². The Labute approximate surface area is 345 Å². The molecule has 2 aliphatic heterocycles. The number of ketones is 1. The largest absolute Gasteiger partial charge is 0.373 e. The van der Waals surface area contributed by atoms with Crippen molar-refractivity contribution in [2.24, 2.45) is 11.8 Å². The summed E-state index contributed by atoms with van der Waals surface area (Å²) in [6.45, 7) is 6.65. The lowest BCUT2D eigenvalue weighted by atomic mass is 9.83. The summed E-state index contributed by atoms with van der Waals surface area (Å²) in [7, 11) is 2.15. The highest BCUT2D eigenvalue weighted by molar-refractivity contribution is 8.03. The fraction of sp³-hybridized carbons (Fsp3) is 0.512. The van der Waals surface area contributed by atoms with E-state index >= 15 is 0 Å². The molecule has 2 aromatic carbocycles. The molecular formula is C43H58N2OS6. The lowest BCUT2D eigenvalue weighted by molar-refractivity contribution is -0.119. The number of Topliss-reactive ketones (excluding diaryl/α,β-unsaturated/α-hetero) is 1. The number of rotatable bonds is 19. The van der Waals surface area contributed by atoms with Crippen molar-refractivity contribution in [2.75, 3.05) is 18.6 Å². The number of carbonyl (C=O) groups is 1. The zero-order valence-corrected chi connectivity index (χ0v) is 36.4. The number of benzene rings is 2. The van der Waals surface area contributed by atoms with E-state index in [1.54, 1.807) is 10.9 Å². The van der Waals surface area contributed by atoms with Gasteiger partial charge in [0.15, 0.2) is 0 Å². The second-order valence-corrected chi connectivity index (χ2v) is 17.6. The number of hydrogen-bond donors (Lipinski definition) is 1. The highest BCUT2D eigenvalue weighted by Crippen LogP contribution is 2.40. The molecule has 2 fully saturated rings. The summed E-state index contributed by atoms with van der Waals surface area (Å²) >= 11 is 25.2. The molecular weight excluding hydrogens is 753 g/mol. The van der Waals surface area contributed by atoms with E-state index < -0.39 is 0 Å². The topological polar surface area (TPSA) is 32.3 Å². The molecule has 4 atom stereocenters. The Morgan fingerprint density at radius 1 is 0.865 bits per heavy atom. The van der Waals surface area contributed by atoms with Crippen LogP contribution in [0.25, 0.3) is 0 Å². The van der Waals surface area contributed by atoms with Crippen LogP contribution < -0.4 is 5.32 Å². The van der Waals surface area contributed by atoms with Gasteiger partial charge in [0.2, 0.25) is 0 Å². The van der Waals surface area contributed by atoms with Crippen LogP contribution in [0.3, 0.4) is 0 Å². The van der Waals surface area contributed by atoms with Gasteiger partial charge in [-0.15, -0.1) is 23.5 Å². The maximum atomic E-state index is 12.8. The minimum absolute atomic E-state index is 0.211. The second kappa shape index (κ2) is 23.9. The van der Waals surface area contributed by atoms with Gasteiger partial charge in [-0.05, 0) is 109 Å². The summed E-state index contributed by atoms with van der Waals surface area (Å²) < 4.78 is 0. The van der Waals surface area contributed by atoms with E-state index in [-0.39, 0.29) is 17.0 Å². The van der Waals surface area contributed by atoms with Crippen molar-refractivity contribution in [3.8, 4) is 0 Å². The number of nitrogens with one attached hydrogen (secondary N) is 1. The summed E-state index contributed by atoms with van der Waals surface area (Å²) in [5.41, 5.74) is 3.63. The molecule has 1 N–H and O–H groups in total. The normalized spacial score (nSPS) is 20.8. The maximum Gasteiger partial charge on any atom is 0.132 e. The molecule has 0 saturated carbocycles. The monoisotopic (exact) mass is 810 g/mol. The third-order valence-corrected chi connectivity index (χ3v) is 14.0. The molecule has 0 aliphatic carbocycles. The molecule has 282 valence electrons. The van der Waals surface area contributed by atoms with Gasteiger partial charge in [0.05, 0.1) is 21.6 Å². The predicted octanol–water partition coefficient (Wildman–Crippen LogP) is 12.4. The van der Waals surface area contributed by atoms with Gasteiger partial charge in [0.1, 0.15) is 5.78 Å². The first kappa shape index (κ1) is 44.6. The van der Waals surface area contributed by atoms with Crippen LogP contribution in [0.5, 0.6) is 0 Å². The van der Waals surface area contributed by atoms with Crippen molar-refractivity contribution >= 4 is 99.4 Å². The zero-order valence-electron chi connectivity index (χ0n) is 31.5. The number of thiocarbonyl (C=S) groups is 4. The third kappa shape index (κ3) is 13.5. The fourth-order valence-electron chi connectivity index (χ4n) is 7.03. The van der Waals surface area contributed by atoms with Crippen molar-refractivity contribution in [2.45, 2.75) is 109 Å².